The smallest absolute Gasteiger partial charge is 0.191 e. The van der Waals surface area contributed by atoms with Crippen molar-refractivity contribution in [2.75, 3.05) is 60.2 Å². The van der Waals surface area contributed by atoms with Crippen molar-refractivity contribution in [3.8, 4) is 11.5 Å². The molecule has 160 valence electrons. The van der Waals surface area contributed by atoms with Gasteiger partial charge in [-0.25, -0.2) is 0 Å². The van der Waals surface area contributed by atoms with Crippen LogP contribution in [0.25, 0.3) is 0 Å². The van der Waals surface area contributed by atoms with E-state index in [2.05, 4.69) is 47.5 Å². The van der Waals surface area contributed by atoms with Gasteiger partial charge in [0, 0.05) is 26.7 Å². The molecule has 2 N–H and O–H groups in total. The summed E-state index contributed by atoms with van der Waals surface area (Å²) < 4.78 is 16.5. The molecule has 0 radical (unpaired) electrons. The van der Waals surface area contributed by atoms with E-state index in [1.807, 2.05) is 26.0 Å². The maximum Gasteiger partial charge on any atom is 0.191 e. The molecule has 0 aromatic heterocycles. The summed E-state index contributed by atoms with van der Waals surface area (Å²) in [6.45, 7) is 13.4. The second kappa shape index (κ2) is 14.1. The Morgan fingerprint density at radius 3 is 2.46 bits per heavy atom. The maximum atomic E-state index is 5.74. The minimum atomic E-state index is 0.0823. The van der Waals surface area contributed by atoms with Gasteiger partial charge < -0.3 is 29.7 Å². The summed E-state index contributed by atoms with van der Waals surface area (Å²) in [5.41, 5.74) is 1.12. The van der Waals surface area contributed by atoms with Crippen molar-refractivity contribution < 1.29 is 14.2 Å². The van der Waals surface area contributed by atoms with Crippen LogP contribution < -0.4 is 20.1 Å². The molecule has 1 unspecified atom stereocenters. The first kappa shape index (κ1) is 24.0. The third-order valence-corrected chi connectivity index (χ3v) is 4.19. The first-order valence-corrected chi connectivity index (χ1v) is 10.2. The van der Waals surface area contributed by atoms with Gasteiger partial charge in [-0.05, 0) is 52.4 Å². The fourth-order valence-corrected chi connectivity index (χ4v) is 2.64. The molecule has 7 nitrogen and oxygen atoms in total. The van der Waals surface area contributed by atoms with Crippen LogP contribution in [-0.4, -0.2) is 71.0 Å². The number of guanidine groups is 1. The number of hydrogen-bond donors (Lipinski definition) is 2. The Morgan fingerprint density at radius 1 is 1.11 bits per heavy atom. The Hall–Kier alpha value is -1.99. The summed E-state index contributed by atoms with van der Waals surface area (Å²) in [6, 6.07) is 6.15. The van der Waals surface area contributed by atoms with Crippen LogP contribution >= 0.6 is 0 Å². The average molecular weight is 395 g/mol. The molecule has 0 spiro atoms. The molecule has 0 bridgehead atoms. The van der Waals surface area contributed by atoms with E-state index in [1.54, 1.807) is 7.11 Å². The first-order chi connectivity index (χ1) is 13.5. The minimum Gasteiger partial charge on any atom is -0.490 e. The van der Waals surface area contributed by atoms with E-state index in [-0.39, 0.29) is 6.04 Å². The summed E-state index contributed by atoms with van der Waals surface area (Å²) in [6.07, 6.45) is 0. The fraction of sp³-hybridized carbons (Fsp3) is 0.667. The number of ether oxygens (including phenoxy) is 3. The number of methoxy groups -OCH3 is 1. The molecule has 0 saturated heterocycles. The predicted octanol–water partition coefficient (Wildman–Crippen LogP) is 2.68. The second-order valence-corrected chi connectivity index (χ2v) is 6.49. The highest BCUT2D eigenvalue weighted by Gasteiger charge is 2.12. The second-order valence-electron chi connectivity index (χ2n) is 6.49. The van der Waals surface area contributed by atoms with Crippen LogP contribution in [0.4, 0.5) is 0 Å². The lowest BCUT2D eigenvalue weighted by molar-refractivity contribution is 0.163. The highest BCUT2D eigenvalue weighted by atomic mass is 16.5. The van der Waals surface area contributed by atoms with Crippen molar-refractivity contribution >= 4 is 5.96 Å². The van der Waals surface area contributed by atoms with E-state index in [4.69, 9.17) is 14.2 Å². The maximum absolute atomic E-state index is 5.74. The van der Waals surface area contributed by atoms with E-state index < -0.39 is 0 Å². The van der Waals surface area contributed by atoms with Gasteiger partial charge in [-0.3, -0.25) is 4.99 Å². The zero-order valence-electron chi connectivity index (χ0n) is 18.4. The van der Waals surface area contributed by atoms with Crippen LogP contribution in [0.5, 0.6) is 11.5 Å². The van der Waals surface area contributed by atoms with Crippen molar-refractivity contribution in [2.45, 2.75) is 33.7 Å². The lowest BCUT2D eigenvalue weighted by Crippen LogP contribution is -2.39. The van der Waals surface area contributed by atoms with Crippen molar-refractivity contribution in [3.05, 3.63) is 23.8 Å². The molecule has 0 aliphatic heterocycles. The number of rotatable bonds is 13. The Labute approximate surface area is 170 Å². The molecule has 0 aliphatic carbocycles. The van der Waals surface area contributed by atoms with E-state index in [1.165, 1.54) is 0 Å². The molecule has 0 saturated carbocycles. The lowest BCUT2D eigenvalue weighted by atomic mass is 10.1. The van der Waals surface area contributed by atoms with Gasteiger partial charge in [-0.15, -0.1) is 0 Å². The molecule has 28 heavy (non-hydrogen) atoms. The minimum absolute atomic E-state index is 0.0823. The van der Waals surface area contributed by atoms with Crippen LogP contribution in [0.1, 0.15) is 39.3 Å². The summed E-state index contributed by atoms with van der Waals surface area (Å²) in [7, 11) is 3.80. The molecule has 0 fully saturated rings. The number of benzene rings is 1. The monoisotopic (exact) mass is 394 g/mol. The lowest BCUT2D eigenvalue weighted by Gasteiger charge is -2.20. The Balaban J connectivity index is 2.75. The molecule has 0 amide bonds. The van der Waals surface area contributed by atoms with Crippen molar-refractivity contribution in [1.29, 1.82) is 0 Å². The van der Waals surface area contributed by atoms with Crippen molar-refractivity contribution in [1.82, 2.24) is 15.5 Å². The highest BCUT2D eigenvalue weighted by molar-refractivity contribution is 5.80. The van der Waals surface area contributed by atoms with Crippen molar-refractivity contribution in [2.24, 2.45) is 4.99 Å². The SMILES string of the molecule is CCNC(=NCCN(C)CCOC)NC(C)c1ccc(OCC)c(OCC)c1. The van der Waals surface area contributed by atoms with Crippen LogP contribution in [0.3, 0.4) is 0 Å². The Bertz CT molecular complexity index is 581. The van der Waals surface area contributed by atoms with Gasteiger partial charge in [-0.1, -0.05) is 6.07 Å². The number of hydrogen-bond acceptors (Lipinski definition) is 5. The van der Waals surface area contributed by atoms with Crippen molar-refractivity contribution in [3.63, 3.8) is 0 Å². The van der Waals surface area contributed by atoms with E-state index in [0.29, 0.717) is 13.2 Å². The van der Waals surface area contributed by atoms with Gasteiger partial charge in [0.1, 0.15) is 0 Å². The van der Waals surface area contributed by atoms with E-state index in [0.717, 1.165) is 55.8 Å². The average Bonchev–Trinajstić information content (AvgIpc) is 2.68. The zero-order chi connectivity index (χ0) is 20.8. The van der Waals surface area contributed by atoms with Crippen LogP contribution in [0.15, 0.2) is 23.2 Å². The van der Waals surface area contributed by atoms with Crippen LogP contribution in [0, 0.1) is 0 Å². The molecular weight excluding hydrogens is 356 g/mol. The Kier molecular flexibility index (Phi) is 12.1. The normalized spacial score (nSPS) is 12.8. The van der Waals surface area contributed by atoms with Gasteiger partial charge >= 0.3 is 0 Å². The fourth-order valence-electron chi connectivity index (χ4n) is 2.64. The molecule has 1 atom stereocenters. The number of likely N-dealkylation sites (N-methyl/N-ethyl adjacent to an activating group) is 1. The largest absolute Gasteiger partial charge is 0.490 e. The molecule has 1 rings (SSSR count). The third-order valence-electron chi connectivity index (χ3n) is 4.19. The zero-order valence-corrected chi connectivity index (χ0v) is 18.4. The van der Waals surface area contributed by atoms with E-state index in [9.17, 15) is 0 Å². The number of aliphatic imine (C=N–C) groups is 1. The number of nitrogens with one attached hydrogen (secondary N) is 2. The first-order valence-electron chi connectivity index (χ1n) is 10.2. The molecular formula is C21H38N4O3. The summed E-state index contributed by atoms with van der Waals surface area (Å²) in [5, 5.41) is 6.78. The predicted molar refractivity (Wildman–Crippen MR) is 116 cm³/mol. The standard InChI is InChI=1S/C21H38N4O3/c1-7-22-21(23-12-13-25(5)14-15-26-6)24-17(4)18-10-11-19(27-8-2)20(16-18)28-9-3/h10-11,16-17H,7-9,12-15H2,1-6H3,(H2,22,23,24). The molecule has 1 aromatic carbocycles. The van der Waals surface area contributed by atoms with E-state index >= 15 is 0 Å². The van der Waals surface area contributed by atoms with Gasteiger partial charge in [0.05, 0.1) is 32.4 Å². The quantitative estimate of drug-likeness (QED) is 0.396. The van der Waals surface area contributed by atoms with Gasteiger partial charge in [-0.2, -0.15) is 0 Å². The number of nitrogens with zero attached hydrogens (tertiary/aromatic N) is 2. The molecule has 7 heteroatoms. The van der Waals surface area contributed by atoms with Gasteiger partial charge in [0.2, 0.25) is 0 Å². The summed E-state index contributed by atoms with van der Waals surface area (Å²) in [4.78, 5) is 6.90. The van der Waals surface area contributed by atoms with Crippen LogP contribution in [0.2, 0.25) is 0 Å². The topological polar surface area (TPSA) is 67.4 Å². The highest BCUT2D eigenvalue weighted by Crippen LogP contribution is 2.30. The molecule has 0 heterocycles. The molecule has 0 aliphatic rings. The molecule has 1 aromatic rings. The summed E-state index contributed by atoms with van der Waals surface area (Å²) in [5.74, 6) is 2.36. The van der Waals surface area contributed by atoms with Crippen LogP contribution in [-0.2, 0) is 4.74 Å². The van der Waals surface area contributed by atoms with Gasteiger partial charge in [0.25, 0.3) is 0 Å². The van der Waals surface area contributed by atoms with Gasteiger partial charge in [0.15, 0.2) is 17.5 Å². The Morgan fingerprint density at radius 2 is 1.82 bits per heavy atom. The summed E-state index contributed by atoms with van der Waals surface area (Å²) >= 11 is 0. The third kappa shape index (κ3) is 8.80.